The van der Waals surface area contributed by atoms with E-state index in [-0.39, 0.29) is 36.8 Å². The molecule has 248 valence electrons. The van der Waals surface area contributed by atoms with Gasteiger partial charge in [0.1, 0.15) is 16.5 Å². The van der Waals surface area contributed by atoms with Crippen LogP contribution in [0.15, 0.2) is 48.5 Å². The van der Waals surface area contributed by atoms with Crippen LogP contribution >= 0.6 is 11.6 Å². The number of fused-ring (bicyclic) bond motifs is 1. The van der Waals surface area contributed by atoms with Crippen molar-refractivity contribution < 1.29 is 22.7 Å². The standard InChI is InChI=1S/C32H42ClN7O5S/c1-20-12-11-13-21(18-20)45-46(43)34-17-16-24(41)35-22-14-9-10-15-23(22)44-19-25(42)36-32(7,8)31(5,6)29-38-37-28-26(33)27(30(2,3)4)39-40(28)29/h9-15,18,34,39H,16-17,19H2,1-8H3,(H,35,41)(H,36,42). The molecule has 0 radical (unpaired) electrons. The van der Waals surface area contributed by atoms with Crippen LogP contribution in [0.4, 0.5) is 5.69 Å². The quantitative estimate of drug-likeness (QED) is 0.154. The average Bonchev–Trinajstić information content (AvgIpc) is 3.52. The van der Waals surface area contributed by atoms with E-state index in [9.17, 15) is 13.8 Å². The highest BCUT2D eigenvalue weighted by atomic mass is 35.5. The first-order chi connectivity index (χ1) is 21.5. The summed E-state index contributed by atoms with van der Waals surface area (Å²) in [4.78, 5) is 25.8. The maximum atomic E-state index is 13.1. The van der Waals surface area contributed by atoms with Gasteiger partial charge in [0.25, 0.3) is 17.2 Å². The number of benzene rings is 2. The molecule has 0 spiro atoms. The molecule has 46 heavy (non-hydrogen) atoms. The Balaban J connectivity index is 1.32. The van der Waals surface area contributed by atoms with Gasteiger partial charge in [0.2, 0.25) is 5.91 Å². The normalized spacial score (nSPS) is 13.0. The fourth-order valence-electron chi connectivity index (χ4n) is 4.61. The number of ether oxygens (including phenoxy) is 1. The van der Waals surface area contributed by atoms with Crippen molar-refractivity contribution in [2.45, 2.75) is 78.2 Å². The van der Waals surface area contributed by atoms with E-state index in [1.165, 1.54) is 0 Å². The van der Waals surface area contributed by atoms with Crippen LogP contribution in [0.3, 0.4) is 0 Å². The van der Waals surface area contributed by atoms with Crippen LogP contribution in [0.25, 0.3) is 5.65 Å². The molecule has 0 saturated heterocycles. The van der Waals surface area contributed by atoms with Gasteiger partial charge < -0.3 is 19.6 Å². The minimum atomic E-state index is -1.81. The van der Waals surface area contributed by atoms with Gasteiger partial charge in [-0.25, -0.2) is 9.24 Å². The molecule has 0 saturated carbocycles. The summed E-state index contributed by atoms with van der Waals surface area (Å²) in [5.41, 5.74) is 1.03. The van der Waals surface area contributed by atoms with Crippen LogP contribution in [0.2, 0.25) is 5.02 Å². The first-order valence-corrected chi connectivity index (χ1v) is 16.3. The number of aromatic amines is 1. The van der Waals surface area contributed by atoms with Crippen LogP contribution in [-0.2, 0) is 31.7 Å². The zero-order valence-electron chi connectivity index (χ0n) is 27.4. The number of hydrogen-bond donors (Lipinski definition) is 4. The van der Waals surface area contributed by atoms with E-state index < -0.39 is 22.2 Å². The average molecular weight is 672 g/mol. The summed E-state index contributed by atoms with van der Waals surface area (Å²) < 4.78 is 27.8. The number of nitrogens with zero attached hydrogens (tertiary/aromatic N) is 3. The number of aryl methyl sites for hydroxylation is 1. The van der Waals surface area contributed by atoms with Gasteiger partial charge in [-0.1, -0.05) is 70.5 Å². The maximum absolute atomic E-state index is 13.1. The number of hydrogen-bond acceptors (Lipinski definition) is 7. The molecule has 1 unspecified atom stereocenters. The first kappa shape index (κ1) is 34.9. The van der Waals surface area contributed by atoms with Gasteiger partial charge in [-0.3, -0.25) is 14.7 Å². The molecule has 4 aromatic rings. The third-order valence-corrected chi connectivity index (χ3v) is 9.02. The summed E-state index contributed by atoms with van der Waals surface area (Å²) >= 11 is 4.82. The highest BCUT2D eigenvalue weighted by molar-refractivity contribution is 7.78. The predicted octanol–water partition coefficient (Wildman–Crippen LogP) is 5.14. The molecule has 2 amide bonds. The van der Waals surface area contributed by atoms with E-state index >= 15 is 0 Å². The first-order valence-electron chi connectivity index (χ1n) is 14.9. The van der Waals surface area contributed by atoms with Crippen molar-refractivity contribution in [1.29, 1.82) is 0 Å². The summed E-state index contributed by atoms with van der Waals surface area (Å²) in [6.07, 6.45) is 0.0280. The molecule has 2 heterocycles. The Hall–Kier alpha value is -3.94. The molecule has 14 heteroatoms. The van der Waals surface area contributed by atoms with Crippen LogP contribution in [0.5, 0.6) is 11.5 Å². The van der Waals surface area contributed by atoms with Crippen molar-refractivity contribution in [2.75, 3.05) is 18.5 Å². The van der Waals surface area contributed by atoms with E-state index in [1.807, 2.05) is 40.7 Å². The molecular formula is C32H42ClN7O5S. The van der Waals surface area contributed by atoms with Crippen LogP contribution in [0, 0.1) is 6.92 Å². The molecular weight excluding hydrogens is 630 g/mol. The van der Waals surface area contributed by atoms with E-state index in [0.717, 1.165) is 11.3 Å². The van der Waals surface area contributed by atoms with Gasteiger partial charge in [-0.05, 0) is 50.6 Å². The number of rotatable bonds is 13. The maximum Gasteiger partial charge on any atom is 0.288 e. The lowest BCUT2D eigenvalue weighted by Gasteiger charge is -2.40. The van der Waals surface area contributed by atoms with E-state index in [2.05, 4.69) is 51.4 Å². The lowest BCUT2D eigenvalue weighted by atomic mass is 9.73. The Morgan fingerprint density at radius 1 is 1.00 bits per heavy atom. The molecule has 0 fully saturated rings. The number of carbonyl (C=O) groups excluding carboxylic acids is 2. The smallest absolute Gasteiger partial charge is 0.288 e. The summed E-state index contributed by atoms with van der Waals surface area (Å²) in [7, 11) is 0. The van der Waals surface area contributed by atoms with Crippen LogP contribution in [-0.4, -0.2) is 54.5 Å². The van der Waals surface area contributed by atoms with Crippen LogP contribution in [0.1, 0.15) is 72.0 Å². The number of aromatic nitrogens is 4. The predicted molar refractivity (Wildman–Crippen MR) is 179 cm³/mol. The number of carbonyl (C=O) groups is 2. The molecule has 12 nitrogen and oxygen atoms in total. The van der Waals surface area contributed by atoms with Crippen LogP contribution < -0.4 is 24.3 Å². The number of halogens is 1. The Bertz CT molecular complexity index is 1740. The Morgan fingerprint density at radius 2 is 1.72 bits per heavy atom. The molecule has 4 N–H and O–H groups in total. The van der Waals surface area contributed by atoms with Gasteiger partial charge in [-0.2, -0.15) is 4.21 Å². The zero-order chi connectivity index (χ0) is 33.9. The fraction of sp³-hybridized carbons (Fsp3) is 0.438. The van der Waals surface area contributed by atoms with Gasteiger partial charge in [0.05, 0.1) is 11.4 Å². The molecule has 0 aliphatic heterocycles. The fourth-order valence-corrected chi connectivity index (χ4v) is 5.66. The van der Waals surface area contributed by atoms with Gasteiger partial charge in [0, 0.05) is 29.3 Å². The van der Waals surface area contributed by atoms with Crippen molar-refractivity contribution in [3.05, 3.63) is 70.6 Å². The van der Waals surface area contributed by atoms with E-state index in [0.29, 0.717) is 33.7 Å². The number of nitrogens with one attached hydrogen (secondary N) is 4. The summed E-state index contributed by atoms with van der Waals surface area (Å²) in [5.74, 6) is 0.715. The van der Waals surface area contributed by atoms with Crippen molar-refractivity contribution in [1.82, 2.24) is 29.9 Å². The van der Waals surface area contributed by atoms with Crippen molar-refractivity contribution in [3.8, 4) is 11.5 Å². The van der Waals surface area contributed by atoms with Gasteiger partial charge in [-0.15, -0.1) is 10.2 Å². The molecule has 2 aromatic heterocycles. The number of para-hydroxylation sites is 2. The third kappa shape index (κ3) is 8.06. The second-order valence-electron chi connectivity index (χ2n) is 13.1. The lowest BCUT2D eigenvalue weighted by molar-refractivity contribution is -0.125. The molecule has 0 aliphatic rings. The van der Waals surface area contributed by atoms with Crippen molar-refractivity contribution in [3.63, 3.8) is 0 Å². The van der Waals surface area contributed by atoms with Gasteiger partial charge >= 0.3 is 0 Å². The summed E-state index contributed by atoms with van der Waals surface area (Å²) in [6, 6.07) is 14.0. The van der Waals surface area contributed by atoms with Crippen molar-refractivity contribution in [2.24, 2.45) is 0 Å². The highest BCUT2D eigenvalue weighted by Crippen LogP contribution is 2.37. The molecule has 2 aromatic carbocycles. The second kappa shape index (κ2) is 13.8. The van der Waals surface area contributed by atoms with Crippen molar-refractivity contribution >= 4 is 46.0 Å². The second-order valence-corrected chi connectivity index (χ2v) is 14.4. The summed E-state index contributed by atoms with van der Waals surface area (Å²) in [6.45, 7) is 15.7. The molecule has 0 bridgehead atoms. The number of anilines is 1. The minimum absolute atomic E-state index is 0.0280. The SMILES string of the molecule is Cc1cccc(OS(=O)NCCC(=O)Nc2ccccc2OCC(=O)NC(C)(C)C(C)(C)c2nnc3c(Cl)c(C(C)(C)C)[nH]n23)c1. The van der Waals surface area contributed by atoms with E-state index in [4.69, 9.17) is 20.5 Å². The largest absolute Gasteiger partial charge is 0.482 e. The Morgan fingerprint density at radius 3 is 2.41 bits per heavy atom. The minimum Gasteiger partial charge on any atom is -0.482 e. The monoisotopic (exact) mass is 671 g/mol. The topological polar surface area (TPSA) is 152 Å². The lowest BCUT2D eigenvalue weighted by Crippen LogP contribution is -2.57. The third-order valence-electron chi connectivity index (χ3n) is 7.88. The number of H-pyrrole nitrogens is 1. The van der Waals surface area contributed by atoms with Gasteiger partial charge in [0.15, 0.2) is 18.1 Å². The summed E-state index contributed by atoms with van der Waals surface area (Å²) in [5, 5.41) is 18.4. The Kier molecular flexibility index (Phi) is 10.5. The Labute approximate surface area is 276 Å². The highest BCUT2D eigenvalue weighted by Gasteiger charge is 2.44. The molecule has 0 aliphatic carbocycles. The molecule has 4 rings (SSSR count). The van der Waals surface area contributed by atoms with E-state index in [1.54, 1.807) is 47.0 Å². The zero-order valence-corrected chi connectivity index (χ0v) is 29.0. The molecule has 1 atom stereocenters. The number of amides is 2.